The fraction of sp³-hybridized carbons (Fsp3) is 0.250. The van der Waals surface area contributed by atoms with E-state index in [1.165, 1.54) is 0 Å². The van der Waals surface area contributed by atoms with Crippen molar-refractivity contribution in [3.63, 3.8) is 0 Å². The molecule has 0 radical (unpaired) electrons. The topological polar surface area (TPSA) is 35.8 Å². The zero-order valence-electron chi connectivity index (χ0n) is 9.14. The van der Waals surface area contributed by atoms with Crippen LogP contribution in [0.2, 0.25) is 0 Å². The standard InChI is InChI=1S/C12H16N2O/c1-4-14(10(2)13-3)12-7-5-11(9-15)6-8-12/h4-8,15H,1,9H2,2-3H3. The highest BCUT2D eigenvalue weighted by Crippen LogP contribution is 2.16. The Morgan fingerprint density at radius 3 is 2.47 bits per heavy atom. The van der Waals surface area contributed by atoms with Gasteiger partial charge in [-0.15, -0.1) is 0 Å². The van der Waals surface area contributed by atoms with Gasteiger partial charge in [0.05, 0.1) is 6.61 Å². The third kappa shape index (κ3) is 2.67. The second-order valence-electron chi connectivity index (χ2n) is 3.15. The Morgan fingerprint density at radius 1 is 1.47 bits per heavy atom. The number of anilines is 1. The van der Waals surface area contributed by atoms with E-state index < -0.39 is 0 Å². The average molecular weight is 204 g/mol. The molecule has 1 N–H and O–H groups in total. The number of rotatable bonds is 3. The van der Waals surface area contributed by atoms with E-state index in [1.807, 2.05) is 36.1 Å². The quantitative estimate of drug-likeness (QED) is 0.605. The molecule has 1 aromatic rings. The minimum absolute atomic E-state index is 0.0647. The van der Waals surface area contributed by atoms with Crippen LogP contribution in [0.3, 0.4) is 0 Å². The third-order valence-corrected chi connectivity index (χ3v) is 2.25. The van der Waals surface area contributed by atoms with Gasteiger partial charge in [0.15, 0.2) is 0 Å². The van der Waals surface area contributed by atoms with Crippen molar-refractivity contribution in [1.82, 2.24) is 0 Å². The van der Waals surface area contributed by atoms with Gasteiger partial charge in [0, 0.05) is 18.9 Å². The summed E-state index contributed by atoms with van der Waals surface area (Å²) in [6.45, 7) is 5.73. The van der Waals surface area contributed by atoms with Crippen LogP contribution in [-0.2, 0) is 6.61 Å². The van der Waals surface area contributed by atoms with Crippen molar-refractivity contribution in [2.75, 3.05) is 11.9 Å². The van der Waals surface area contributed by atoms with Gasteiger partial charge < -0.3 is 10.0 Å². The van der Waals surface area contributed by atoms with Gasteiger partial charge in [0.2, 0.25) is 0 Å². The molecule has 0 spiro atoms. The smallest absolute Gasteiger partial charge is 0.104 e. The average Bonchev–Trinajstić information content (AvgIpc) is 2.30. The summed E-state index contributed by atoms with van der Waals surface area (Å²) in [5, 5.41) is 8.92. The van der Waals surface area contributed by atoms with E-state index in [-0.39, 0.29) is 6.61 Å². The fourth-order valence-corrected chi connectivity index (χ4v) is 1.29. The van der Waals surface area contributed by atoms with Crippen LogP contribution in [0.15, 0.2) is 42.0 Å². The van der Waals surface area contributed by atoms with Gasteiger partial charge in [-0.25, -0.2) is 0 Å². The Kier molecular flexibility index (Phi) is 4.06. The summed E-state index contributed by atoms with van der Waals surface area (Å²) in [7, 11) is 1.74. The molecule has 0 unspecified atom stereocenters. The van der Waals surface area contributed by atoms with Gasteiger partial charge in [-0.05, 0) is 24.6 Å². The van der Waals surface area contributed by atoms with E-state index in [0.29, 0.717) is 0 Å². The predicted octanol–water partition coefficient (Wildman–Crippen LogP) is 2.18. The lowest BCUT2D eigenvalue weighted by molar-refractivity contribution is 0.282. The summed E-state index contributed by atoms with van der Waals surface area (Å²) in [4.78, 5) is 5.99. The highest BCUT2D eigenvalue weighted by atomic mass is 16.3. The lowest BCUT2D eigenvalue weighted by atomic mass is 10.2. The number of hydrogen-bond donors (Lipinski definition) is 1. The zero-order valence-corrected chi connectivity index (χ0v) is 9.14. The van der Waals surface area contributed by atoms with E-state index in [2.05, 4.69) is 11.6 Å². The maximum atomic E-state index is 8.92. The van der Waals surface area contributed by atoms with Crippen LogP contribution >= 0.6 is 0 Å². The molecule has 0 aromatic heterocycles. The van der Waals surface area contributed by atoms with Gasteiger partial charge in [0.25, 0.3) is 0 Å². The molecule has 1 rings (SSSR count). The summed E-state index contributed by atoms with van der Waals surface area (Å²) < 4.78 is 0. The van der Waals surface area contributed by atoms with Gasteiger partial charge in [-0.2, -0.15) is 0 Å². The Balaban J connectivity index is 2.98. The molecule has 80 valence electrons. The number of nitrogens with zero attached hydrogens (tertiary/aromatic N) is 2. The number of aliphatic hydroxyl groups is 1. The van der Waals surface area contributed by atoms with Crippen molar-refractivity contribution < 1.29 is 5.11 Å². The molecule has 0 heterocycles. The first-order valence-electron chi connectivity index (χ1n) is 4.78. The summed E-state index contributed by atoms with van der Waals surface area (Å²) in [5.41, 5.74) is 1.89. The third-order valence-electron chi connectivity index (χ3n) is 2.25. The lowest BCUT2D eigenvalue weighted by Crippen LogP contribution is -2.21. The van der Waals surface area contributed by atoms with Crippen molar-refractivity contribution in [1.29, 1.82) is 0 Å². The van der Waals surface area contributed by atoms with Crippen LogP contribution < -0.4 is 4.90 Å². The molecule has 1 aromatic carbocycles. The molecule has 3 nitrogen and oxygen atoms in total. The first kappa shape index (κ1) is 11.5. The Morgan fingerprint density at radius 2 is 2.07 bits per heavy atom. The molecule has 0 saturated carbocycles. The van der Waals surface area contributed by atoms with Crippen LogP contribution in [0.5, 0.6) is 0 Å². The van der Waals surface area contributed by atoms with Gasteiger partial charge in [-0.3, -0.25) is 4.99 Å². The molecule has 0 aliphatic carbocycles. The highest BCUT2D eigenvalue weighted by Gasteiger charge is 2.04. The molecular weight excluding hydrogens is 188 g/mol. The predicted molar refractivity (Wildman–Crippen MR) is 64.1 cm³/mol. The number of aliphatic imine (C=N–C) groups is 1. The highest BCUT2D eigenvalue weighted by molar-refractivity contribution is 5.97. The van der Waals surface area contributed by atoms with Crippen LogP contribution in [-0.4, -0.2) is 18.0 Å². The summed E-state index contributed by atoms with van der Waals surface area (Å²) in [5.74, 6) is 0.877. The zero-order chi connectivity index (χ0) is 11.3. The summed E-state index contributed by atoms with van der Waals surface area (Å²) in [6, 6.07) is 7.63. The van der Waals surface area contributed by atoms with E-state index in [4.69, 9.17) is 5.11 Å². The fourth-order valence-electron chi connectivity index (χ4n) is 1.29. The second kappa shape index (κ2) is 5.32. The van der Waals surface area contributed by atoms with Crippen molar-refractivity contribution in [2.45, 2.75) is 13.5 Å². The number of hydrogen-bond acceptors (Lipinski definition) is 2. The minimum Gasteiger partial charge on any atom is -0.392 e. The number of benzene rings is 1. The molecule has 0 aliphatic heterocycles. The molecule has 0 fully saturated rings. The van der Waals surface area contributed by atoms with Crippen LogP contribution in [0.25, 0.3) is 0 Å². The van der Waals surface area contributed by atoms with Crippen LogP contribution in [0.1, 0.15) is 12.5 Å². The molecule has 0 aliphatic rings. The van der Waals surface area contributed by atoms with Crippen molar-refractivity contribution in [2.24, 2.45) is 4.99 Å². The second-order valence-corrected chi connectivity index (χ2v) is 3.15. The van der Waals surface area contributed by atoms with Crippen molar-refractivity contribution in [3.8, 4) is 0 Å². The summed E-state index contributed by atoms with van der Waals surface area (Å²) >= 11 is 0. The van der Waals surface area contributed by atoms with E-state index in [0.717, 1.165) is 17.1 Å². The molecular formula is C12H16N2O. The molecule has 0 bridgehead atoms. The minimum atomic E-state index is 0.0647. The first-order valence-corrected chi connectivity index (χ1v) is 4.78. The van der Waals surface area contributed by atoms with Gasteiger partial charge in [0.1, 0.15) is 5.84 Å². The molecule has 0 amide bonds. The molecule has 3 heteroatoms. The maximum absolute atomic E-state index is 8.92. The van der Waals surface area contributed by atoms with E-state index in [9.17, 15) is 0 Å². The molecule has 0 atom stereocenters. The number of aliphatic hydroxyl groups excluding tert-OH is 1. The Labute approximate surface area is 90.4 Å². The monoisotopic (exact) mass is 204 g/mol. The largest absolute Gasteiger partial charge is 0.392 e. The molecule has 0 saturated heterocycles. The van der Waals surface area contributed by atoms with Gasteiger partial charge in [-0.1, -0.05) is 18.7 Å². The molecule has 15 heavy (non-hydrogen) atoms. The van der Waals surface area contributed by atoms with Crippen molar-refractivity contribution in [3.05, 3.63) is 42.6 Å². The Hall–Kier alpha value is -1.61. The van der Waals surface area contributed by atoms with Crippen molar-refractivity contribution >= 4 is 11.5 Å². The SMILES string of the molecule is C=CN(C(C)=NC)c1ccc(CO)cc1. The van der Waals surface area contributed by atoms with Gasteiger partial charge >= 0.3 is 0 Å². The van der Waals surface area contributed by atoms with Crippen LogP contribution in [0.4, 0.5) is 5.69 Å². The lowest BCUT2D eigenvalue weighted by Gasteiger charge is -2.19. The van der Waals surface area contributed by atoms with E-state index >= 15 is 0 Å². The summed E-state index contributed by atoms with van der Waals surface area (Å²) in [6.07, 6.45) is 1.72. The number of amidine groups is 1. The Bertz CT molecular complexity index is 354. The normalized spacial score (nSPS) is 11.3. The maximum Gasteiger partial charge on any atom is 0.104 e. The van der Waals surface area contributed by atoms with Crippen LogP contribution in [0, 0.1) is 0 Å². The van der Waals surface area contributed by atoms with E-state index in [1.54, 1.807) is 13.2 Å². The first-order chi connectivity index (χ1) is 7.22.